The maximum absolute atomic E-state index is 13.7. The van der Waals surface area contributed by atoms with Crippen LogP contribution in [-0.4, -0.2) is 22.6 Å². The summed E-state index contributed by atoms with van der Waals surface area (Å²) in [5.74, 6) is -1.04. The molecule has 0 radical (unpaired) electrons. The summed E-state index contributed by atoms with van der Waals surface area (Å²) < 4.78 is 14.8. The number of hydrogen-bond donors (Lipinski definition) is 1. The van der Waals surface area contributed by atoms with Crippen molar-refractivity contribution in [2.75, 3.05) is 7.05 Å². The van der Waals surface area contributed by atoms with Crippen molar-refractivity contribution in [2.45, 2.75) is 7.43 Å². The van der Waals surface area contributed by atoms with Crippen molar-refractivity contribution >= 4 is 5.78 Å². The number of nitrogens with one attached hydrogen (secondary N) is 1. The highest BCUT2D eigenvalue weighted by atomic mass is 19.1. The lowest BCUT2D eigenvalue weighted by molar-refractivity contribution is 0.103. The van der Waals surface area contributed by atoms with Gasteiger partial charge in [-0.3, -0.25) is 9.59 Å². The number of carbonyl (C=O) groups is 1. The van der Waals surface area contributed by atoms with Crippen LogP contribution in [-0.2, 0) is 0 Å². The number of hydrogen-bond acceptors (Lipinski definition) is 4. The fraction of sp³-hybridized carbons (Fsp3) is 0.133. The van der Waals surface area contributed by atoms with Gasteiger partial charge in [-0.25, -0.2) is 9.07 Å². The number of carbonyl (C=O) groups excluding carboxylic acids is 1. The van der Waals surface area contributed by atoms with E-state index >= 15 is 0 Å². The minimum absolute atomic E-state index is 0. The fourth-order valence-electron chi connectivity index (χ4n) is 1.59. The summed E-state index contributed by atoms with van der Waals surface area (Å²) in [5.41, 5.74) is -0.607. The Hall–Kier alpha value is -2.76. The van der Waals surface area contributed by atoms with Gasteiger partial charge in [0.25, 0.3) is 0 Å². The van der Waals surface area contributed by atoms with Gasteiger partial charge >= 0.3 is 0 Å². The normalized spacial score (nSPS) is 10.2. The number of nitrogens with zero attached hydrogens (tertiary/aromatic N) is 2. The first-order chi connectivity index (χ1) is 9.63. The van der Waals surface area contributed by atoms with Crippen LogP contribution in [0.5, 0.6) is 0 Å². The van der Waals surface area contributed by atoms with Gasteiger partial charge < -0.3 is 5.32 Å². The lowest BCUT2D eigenvalue weighted by atomic mass is 10.2. The zero-order valence-corrected chi connectivity index (χ0v) is 10.7. The van der Waals surface area contributed by atoms with E-state index in [1.165, 1.54) is 36.7 Å². The molecule has 0 saturated heterocycles. The Labute approximate surface area is 121 Å². The van der Waals surface area contributed by atoms with E-state index in [0.717, 1.165) is 4.68 Å². The lowest BCUT2D eigenvalue weighted by Gasteiger charge is -2.06. The van der Waals surface area contributed by atoms with Crippen molar-refractivity contribution in [3.63, 3.8) is 0 Å². The Balaban J connectivity index is 0.00000220. The smallest absolute Gasteiger partial charge is 0.211 e. The molecule has 110 valence electrons. The summed E-state index contributed by atoms with van der Waals surface area (Å²) >= 11 is 0. The zero-order valence-electron chi connectivity index (χ0n) is 10.7. The van der Waals surface area contributed by atoms with Crippen LogP contribution < -0.4 is 10.7 Å². The Bertz CT molecular complexity index is 723. The van der Waals surface area contributed by atoms with Crippen molar-refractivity contribution in [1.29, 1.82) is 0 Å². The van der Waals surface area contributed by atoms with Crippen LogP contribution >= 0.6 is 0 Å². The summed E-state index contributed by atoms with van der Waals surface area (Å²) in [6, 6.07) is 7.14. The van der Waals surface area contributed by atoms with Gasteiger partial charge in [0, 0.05) is 31.6 Å². The highest BCUT2D eigenvalue weighted by molar-refractivity contribution is 6.02. The van der Waals surface area contributed by atoms with E-state index in [-0.39, 0.29) is 18.8 Å². The number of rotatable bonds is 4. The molecule has 0 spiro atoms. The Morgan fingerprint density at radius 1 is 1.33 bits per heavy atom. The van der Waals surface area contributed by atoms with Gasteiger partial charge in [0.1, 0.15) is 11.5 Å². The predicted molar refractivity (Wildman–Crippen MR) is 79.1 cm³/mol. The molecule has 1 aromatic carbocycles. The summed E-state index contributed by atoms with van der Waals surface area (Å²) in [4.78, 5) is 23.4. The number of benzene rings is 1. The molecule has 2 aromatic rings. The van der Waals surface area contributed by atoms with Crippen molar-refractivity contribution in [1.82, 2.24) is 15.1 Å². The van der Waals surface area contributed by atoms with Crippen LogP contribution in [0.15, 0.2) is 53.6 Å². The molecule has 0 aliphatic carbocycles. The Morgan fingerprint density at radius 2 is 2.05 bits per heavy atom. The first kappa shape index (κ1) is 16.3. The molecule has 6 heteroatoms. The Kier molecular flexibility index (Phi) is 5.54. The van der Waals surface area contributed by atoms with Gasteiger partial charge in [0.15, 0.2) is 5.69 Å². The first-order valence-corrected chi connectivity index (χ1v) is 5.86. The second kappa shape index (κ2) is 7.14. The van der Waals surface area contributed by atoms with E-state index in [2.05, 4.69) is 10.4 Å². The second-order valence-electron chi connectivity index (χ2n) is 3.91. The topological polar surface area (TPSA) is 64.0 Å². The molecule has 0 fully saturated rings. The molecular formula is C15H16FN3O2. The number of ketones is 1. The van der Waals surface area contributed by atoms with Crippen LogP contribution in [0.4, 0.5) is 4.39 Å². The largest absolute Gasteiger partial charge is 0.394 e. The molecule has 0 unspecified atom stereocenters. The highest BCUT2D eigenvalue weighted by Crippen LogP contribution is 2.10. The number of para-hydroxylation sites is 1. The molecule has 1 heterocycles. The van der Waals surface area contributed by atoms with Crippen LogP contribution in [0.1, 0.15) is 17.9 Å². The van der Waals surface area contributed by atoms with Gasteiger partial charge in [-0.05, 0) is 12.1 Å². The molecule has 1 N–H and O–H groups in total. The molecule has 1 aromatic heterocycles. The van der Waals surface area contributed by atoms with Crippen LogP contribution in [0, 0.1) is 5.82 Å². The van der Waals surface area contributed by atoms with E-state index in [1.807, 2.05) is 0 Å². The summed E-state index contributed by atoms with van der Waals surface area (Å²) in [6.07, 6.45) is 3.90. The Morgan fingerprint density at radius 3 is 2.71 bits per heavy atom. The summed E-state index contributed by atoms with van der Waals surface area (Å²) in [7, 11) is 1.62. The van der Waals surface area contributed by atoms with Crippen molar-refractivity contribution in [3.05, 3.63) is 70.5 Å². The number of halogens is 1. The fourth-order valence-corrected chi connectivity index (χ4v) is 1.59. The standard InChI is InChI=1S/C14H12FN3O2.CH4/c1-16-8-6-12(19)14-13(20)7-9-18(17-14)11-5-3-2-4-10(11)15;/h2-9,16H,1H3;1H4. The SMILES string of the molecule is C.CNC=CC(=O)c1nn(-c2ccccc2F)ccc1=O. The molecule has 0 atom stereocenters. The summed E-state index contributed by atoms with van der Waals surface area (Å²) in [5, 5.41) is 6.54. The molecule has 2 rings (SSSR count). The maximum atomic E-state index is 13.7. The molecule has 0 amide bonds. The van der Waals surface area contributed by atoms with E-state index in [0.29, 0.717) is 0 Å². The van der Waals surface area contributed by atoms with Crippen LogP contribution in [0.25, 0.3) is 5.69 Å². The molecule has 0 bridgehead atoms. The van der Waals surface area contributed by atoms with Gasteiger partial charge in [-0.1, -0.05) is 19.6 Å². The minimum atomic E-state index is -0.546. The van der Waals surface area contributed by atoms with Gasteiger partial charge in [-0.2, -0.15) is 5.10 Å². The first-order valence-electron chi connectivity index (χ1n) is 5.86. The number of allylic oxidation sites excluding steroid dienone is 1. The van der Waals surface area contributed by atoms with Crippen molar-refractivity contribution < 1.29 is 9.18 Å². The monoisotopic (exact) mass is 289 g/mol. The van der Waals surface area contributed by atoms with Gasteiger partial charge in [0.2, 0.25) is 11.2 Å². The number of aromatic nitrogens is 2. The third kappa shape index (κ3) is 3.62. The van der Waals surface area contributed by atoms with Crippen molar-refractivity contribution in [3.8, 4) is 5.69 Å². The second-order valence-corrected chi connectivity index (χ2v) is 3.91. The third-order valence-electron chi connectivity index (χ3n) is 2.54. The average molecular weight is 289 g/mol. The third-order valence-corrected chi connectivity index (χ3v) is 2.54. The van der Waals surface area contributed by atoms with Gasteiger partial charge in [0.05, 0.1) is 0 Å². The molecular weight excluding hydrogens is 273 g/mol. The predicted octanol–water partition coefficient (Wildman–Crippen LogP) is 1.92. The van der Waals surface area contributed by atoms with Gasteiger partial charge in [-0.15, -0.1) is 0 Å². The van der Waals surface area contributed by atoms with Crippen molar-refractivity contribution in [2.24, 2.45) is 0 Å². The molecule has 0 saturated carbocycles. The van der Waals surface area contributed by atoms with E-state index in [9.17, 15) is 14.0 Å². The molecule has 21 heavy (non-hydrogen) atoms. The molecule has 0 aliphatic heterocycles. The van der Waals surface area contributed by atoms with E-state index < -0.39 is 17.0 Å². The van der Waals surface area contributed by atoms with E-state index in [4.69, 9.17) is 0 Å². The minimum Gasteiger partial charge on any atom is -0.394 e. The average Bonchev–Trinajstić information content (AvgIpc) is 2.46. The molecule has 0 aliphatic rings. The van der Waals surface area contributed by atoms with Crippen LogP contribution in [0.2, 0.25) is 0 Å². The summed E-state index contributed by atoms with van der Waals surface area (Å²) in [6.45, 7) is 0. The lowest BCUT2D eigenvalue weighted by Crippen LogP contribution is -2.20. The van der Waals surface area contributed by atoms with E-state index in [1.54, 1.807) is 19.2 Å². The highest BCUT2D eigenvalue weighted by Gasteiger charge is 2.11. The maximum Gasteiger partial charge on any atom is 0.211 e. The van der Waals surface area contributed by atoms with Crippen LogP contribution in [0.3, 0.4) is 0 Å². The molecule has 5 nitrogen and oxygen atoms in total. The quantitative estimate of drug-likeness (QED) is 0.690. The zero-order chi connectivity index (χ0) is 14.5.